The summed E-state index contributed by atoms with van der Waals surface area (Å²) in [5, 5.41) is 10.2. The van der Waals surface area contributed by atoms with E-state index in [1.54, 1.807) is 0 Å². The summed E-state index contributed by atoms with van der Waals surface area (Å²) in [6, 6.07) is 78.1. The number of nitrogens with zero attached hydrogens (tertiary/aromatic N) is 1. The van der Waals surface area contributed by atoms with Gasteiger partial charge in [-0.25, -0.2) is 0 Å². The second-order valence-corrected chi connectivity index (χ2v) is 16.3. The normalized spacial score (nSPS) is 11.8. The molecule has 0 aliphatic heterocycles. The van der Waals surface area contributed by atoms with Gasteiger partial charge in [0.25, 0.3) is 0 Å². The largest absolute Gasteiger partial charge is 0.309 e. The minimum Gasteiger partial charge on any atom is -0.309 e. The summed E-state index contributed by atoms with van der Waals surface area (Å²) in [6.45, 7) is 0. The van der Waals surface area contributed by atoms with Crippen LogP contribution in [0.3, 0.4) is 0 Å². The lowest BCUT2D eigenvalue weighted by atomic mass is 9.88. The van der Waals surface area contributed by atoms with Gasteiger partial charge in [-0.2, -0.15) is 0 Å². The van der Waals surface area contributed by atoms with Crippen LogP contribution in [0.25, 0.3) is 114 Å². The van der Waals surface area contributed by atoms with Crippen molar-refractivity contribution >= 4 is 74.9 Å². The molecule has 2 heterocycles. The maximum atomic E-state index is 2.50. The molecule has 10 aromatic carbocycles. The van der Waals surface area contributed by atoms with Crippen molar-refractivity contribution in [2.45, 2.75) is 0 Å². The Bertz CT molecular complexity index is 3550. The monoisotopic (exact) mass is 753 g/mol. The number of thiophene rings is 1. The molecule has 2 heteroatoms. The molecular weight excluding hydrogens is 719 g/mol. The van der Waals surface area contributed by atoms with Gasteiger partial charge in [-0.15, -0.1) is 11.3 Å². The molecule has 2 aromatic heterocycles. The molecule has 270 valence electrons. The molecule has 0 spiro atoms. The van der Waals surface area contributed by atoms with Crippen LogP contribution in [-0.2, 0) is 0 Å². The first-order valence-corrected chi connectivity index (χ1v) is 20.7. The maximum Gasteiger partial charge on any atom is 0.0555 e. The summed E-state index contributed by atoms with van der Waals surface area (Å²) in [7, 11) is 0. The predicted octanol–water partition coefficient (Wildman–Crippen LogP) is 16.1. The number of hydrogen-bond acceptors (Lipinski definition) is 1. The lowest BCUT2D eigenvalue weighted by molar-refractivity contribution is 1.20. The summed E-state index contributed by atoms with van der Waals surface area (Å²) in [5.74, 6) is 0. The molecule has 0 amide bonds. The van der Waals surface area contributed by atoms with E-state index in [-0.39, 0.29) is 0 Å². The van der Waals surface area contributed by atoms with E-state index in [0.29, 0.717) is 0 Å². The SMILES string of the molecule is c1ccc(-c2ccccc2-c2cc3ccccc3c3cc(-c4ccc5c(c4)c4ccccc4n5-c4cccc5sc6cccc(-c7ccccc7)c6c45)ccc23)cc1. The molecule has 0 atom stereocenters. The molecule has 12 aromatic rings. The van der Waals surface area contributed by atoms with Crippen LogP contribution in [0.4, 0.5) is 0 Å². The van der Waals surface area contributed by atoms with Gasteiger partial charge in [0.1, 0.15) is 0 Å². The molecule has 0 bridgehead atoms. The minimum atomic E-state index is 1.21. The van der Waals surface area contributed by atoms with Crippen LogP contribution in [0.2, 0.25) is 0 Å². The Morgan fingerprint density at radius 2 is 0.879 bits per heavy atom. The van der Waals surface area contributed by atoms with Crippen LogP contribution in [0.1, 0.15) is 0 Å². The van der Waals surface area contributed by atoms with E-state index in [2.05, 4.69) is 217 Å². The van der Waals surface area contributed by atoms with Gasteiger partial charge in [0, 0.05) is 30.9 Å². The van der Waals surface area contributed by atoms with Crippen molar-refractivity contribution in [3.63, 3.8) is 0 Å². The van der Waals surface area contributed by atoms with Crippen LogP contribution in [-0.4, -0.2) is 4.57 Å². The minimum absolute atomic E-state index is 1.21. The number of fused-ring (bicyclic) bond motifs is 9. The fourth-order valence-corrected chi connectivity index (χ4v) is 10.6. The standard InChI is InChI=1S/C56H35NS/c1-3-15-36(16-4-1)41-20-9-10-22-44(41)48-35-40-19-7-8-21-42(40)47-33-38(29-31-45(47)48)39-30-32-51-49(34-39)46-23-11-12-25-50(46)57(51)52-26-14-28-54-56(52)55-43(24-13-27-53(55)58-54)37-17-5-2-6-18-37/h1-35H. The van der Waals surface area contributed by atoms with Crippen molar-refractivity contribution in [2.75, 3.05) is 0 Å². The number of benzene rings is 10. The third-order valence-corrected chi connectivity index (χ3v) is 13.1. The van der Waals surface area contributed by atoms with Gasteiger partial charge in [-0.05, 0) is 115 Å². The number of rotatable bonds is 5. The second-order valence-electron chi connectivity index (χ2n) is 15.2. The Morgan fingerprint density at radius 3 is 1.69 bits per heavy atom. The summed E-state index contributed by atoms with van der Waals surface area (Å²) in [5.41, 5.74) is 13.5. The fourth-order valence-electron chi connectivity index (χ4n) is 9.40. The number of para-hydroxylation sites is 1. The van der Waals surface area contributed by atoms with Crippen LogP contribution in [0, 0.1) is 0 Å². The molecule has 0 aliphatic rings. The van der Waals surface area contributed by atoms with Crippen molar-refractivity contribution in [2.24, 2.45) is 0 Å². The zero-order valence-corrected chi connectivity index (χ0v) is 32.4. The van der Waals surface area contributed by atoms with Crippen molar-refractivity contribution in [3.05, 3.63) is 212 Å². The molecule has 12 rings (SSSR count). The maximum absolute atomic E-state index is 2.50. The summed E-state index contributed by atoms with van der Waals surface area (Å²) >= 11 is 1.88. The van der Waals surface area contributed by atoms with Crippen LogP contribution < -0.4 is 0 Å². The van der Waals surface area contributed by atoms with Crippen molar-refractivity contribution in [1.82, 2.24) is 4.57 Å². The molecule has 1 nitrogen and oxygen atoms in total. The highest BCUT2D eigenvalue weighted by atomic mass is 32.1. The van der Waals surface area contributed by atoms with Gasteiger partial charge in [0.2, 0.25) is 0 Å². The predicted molar refractivity (Wildman–Crippen MR) is 250 cm³/mol. The van der Waals surface area contributed by atoms with E-state index in [0.717, 1.165) is 0 Å². The Labute approximate surface area is 340 Å². The van der Waals surface area contributed by atoms with Crippen molar-refractivity contribution in [3.8, 4) is 50.2 Å². The van der Waals surface area contributed by atoms with E-state index in [1.807, 2.05) is 11.3 Å². The van der Waals surface area contributed by atoms with Gasteiger partial charge in [0.05, 0.1) is 16.7 Å². The van der Waals surface area contributed by atoms with E-state index >= 15 is 0 Å². The molecule has 0 N–H and O–H groups in total. The lowest BCUT2D eigenvalue weighted by Gasteiger charge is -2.16. The van der Waals surface area contributed by atoms with Crippen LogP contribution in [0.5, 0.6) is 0 Å². The van der Waals surface area contributed by atoms with Crippen molar-refractivity contribution in [1.29, 1.82) is 0 Å². The molecule has 0 saturated carbocycles. The molecular formula is C56H35NS. The van der Waals surface area contributed by atoms with Gasteiger partial charge < -0.3 is 4.57 Å². The van der Waals surface area contributed by atoms with Gasteiger partial charge in [0.15, 0.2) is 0 Å². The Balaban J connectivity index is 1.07. The topological polar surface area (TPSA) is 4.93 Å². The highest BCUT2D eigenvalue weighted by Gasteiger charge is 2.20. The zero-order valence-electron chi connectivity index (χ0n) is 31.6. The first kappa shape index (κ1) is 32.9. The first-order valence-electron chi connectivity index (χ1n) is 19.9. The van der Waals surface area contributed by atoms with Gasteiger partial charge in [-0.3, -0.25) is 0 Å². The average Bonchev–Trinajstić information content (AvgIpc) is 3.85. The second kappa shape index (κ2) is 13.2. The zero-order chi connectivity index (χ0) is 38.2. The van der Waals surface area contributed by atoms with E-state index in [4.69, 9.17) is 0 Å². The first-order chi connectivity index (χ1) is 28.8. The molecule has 0 fully saturated rings. The van der Waals surface area contributed by atoms with E-state index < -0.39 is 0 Å². The number of hydrogen-bond donors (Lipinski definition) is 0. The average molecular weight is 754 g/mol. The number of aromatic nitrogens is 1. The third kappa shape index (κ3) is 5.09. The van der Waals surface area contributed by atoms with Crippen molar-refractivity contribution < 1.29 is 0 Å². The van der Waals surface area contributed by atoms with E-state index in [1.165, 1.54) is 114 Å². The molecule has 0 unspecified atom stereocenters. The third-order valence-electron chi connectivity index (χ3n) is 12.0. The van der Waals surface area contributed by atoms with Gasteiger partial charge >= 0.3 is 0 Å². The molecule has 58 heavy (non-hydrogen) atoms. The van der Waals surface area contributed by atoms with Gasteiger partial charge in [-0.1, -0.05) is 164 Å². The summed E-state index contributed by atoms with van der Waals surface area (Å²) < 4.78 is 5.10. The highest BCUT2D eigenvalue weighted by Crippen LogP contribution is 2.46. The Morgan fingerprint density at radius 1 is 0.293 bits per heavy atom. The molecule has 0 aliphatic carbocycles. The molecule has 0 saturated heterocycles. The summed E-state index contributed by atoms with van der Waals surface area (Å²) in [4.78, 5) is 0. The van der Waals surface area contributed by atoms with Crippen LogP contribution in [0.15, 0.2) is 212 Å². The summed E-state index contributed by atoms with van der Waals surface area (Å²) in [6.07, 6.45) is 0. The Kier molecular flexibility index (Phi) is 7.47. The Hall–Kier alpha value is -7.26. The van der Waals surface area contributed by atoms with Crippen LogP contribution >= 0.6 is 11.3 Å². The van der Waals surface area contributed by atoms with E-state index in [9.17, 15) is 0 Å². The smallest absolute Gasteiger partial charge is 0.0555 e. The fraction of sp³-hybridized carbons (Fsp3) is 0. The molecule has 0 radical (unpaired) electrons. The quantitative estimate of drug-likeness (QED) is 0.154. The highest BCUT2D eigenvalue weighted by molar-refractivity contribution is 7.26. The lowest BCUT2D eigenvalue weighted by Crippen LogP contribution is -1.95.